The minimum atomic E-state index is -0.359. The van der Waals surface area contributed by atoms with Crippen molar-refractivity contribution in [1.29, 1.82) is 0 Å². The molecule has 0 fully saturated rings. The number of hydrogen-bond acceptors (Lipinski definition) is 0. The molecule has 0 aromatic heterocycles. The summed E-state index contributed by atoms with van der Waals surface area (Å²) in [5.41, 5.74) is 2.99. The van der Waals surface area contributed by atoms with Gasteiger partial charge in [0, 0.05) is 0 Å². The zero-order valence-corrected chi connectivity index (χ0v) is 18.0. The Morgan fingerprint density at radius 1 is 0.481 bits per heavy atom. The molecule has 3 aromatic carbocycles. The highest BCUT2D eigenvalue weighted by molar-refractivity contribution is 6.42. The lowest BCUT2D eigenvalue weighted by atomic mass is 10.2. The summed E-state index contributed by atoms with van der Waals surface area (Å²) < 4.78 is 24.8. The van der Waals surface area contributed by atoms with E-state index in [9.17, 15) is 8.78 Å². The van der Waals surface area contributed by atoms with Crippen LogP contribution in [0.3, 0.4) is 0 Å². The van der Waals surface area contributed by atoms with E-state index in [1.807, 2.05) is 32.9 Å². The molecule has 0 radical (unpaired) electrons. The Balaban J connectivity index is 0.000000202. The number of hydrogen-bond donors (Lipinski definition) is 0. The Labute approximate surface area is 178 Å². The van der Waals surface area contributed by atoms with Crippen molar-refractivity contribution in [3.8, 4) is 0 Å². The topological polar surface area (TPSA) is 0 Å². The second kappa shape index (κ2) is 11.5. The molecule has 0 heterocycles. The van der Waals surface area contributed by atoms with Crippen LogP contribution in [0.2, 0.25) is 20.1 Å². The van der Waals surface area contributed by atoms with Gasteiger partial charge in [0.05, 0.1) is 20.1 Å². The molecule has 0 nitrogen and oxygen atoms in total. The van der Waals surface area contributed by atoms with Gasteiger partial charge in [0.25, 0.3) is 0 Å². The van der Waals surface area contributed by atoms with Crippen LogP contribution >= 0.6 is 46.4 Å². The van der Waals surface area contributed by atoms with Gasteiger partial charge in [-0.05, 0) is 73.9 Å². The van der Waals surface area contributed by atoms with E-state index in [-0.39, 0.29) is 21.7 Å². The van der Waals surface area contributed by atoms with Gasteiger partial charge in [-0.25, -0.2) is 8.78 Å². The molecule has 0 aliphatic heterocycles. The zero-order chi connectivity index (χ0) is 20.6. The summed E-state index contributed by atoms with van der Waals surface area (Å²) in [6, 6.07) is 14.9. The van der Waals surface area contributed by atoms with Crippen molar-refractivity contribution in [2.24, 2.45) is 0 Å². The van der Waals surface area contributed by atoms with Gasteiger partial charge >= 0.3 is 0 Å². The van der Waals surface area contributed by atoms with Crippen LogP contribution in [-0.4, -0.2) is 0 Å². The van der Waals surface area contributed by atoms with Crippen molar-refractivity contribution in [2.45, 2.75) is 20.8 Å². The first-order chi connectivity index (χ1) is 12.6. The second-order valence-corrected chi connectivity index (χ2v) is 7.38. The molecular weight excluding hydrogens is 432 g/mol. The van der Waals surface area contributed by atoms with Crippen molar-refractivity contribution in [3.05, 3.63) is 103 Å². The molecule has 0 spiro atoms. The van der Waals surface area contributed by atoms with Crippen molar-refractivity contribution < 1.29 is 8.78 Å². The summed E-state index contributed by atoms with van der Waals surface area (Å²) in [5.74, 6) is -0.709. The van der Waals surface area contributed by atoms with Crippen LogP contribution in [0.4, 0.5) is 8.78 Å². The van der Waals surface area contributed by atoms with E-state index < -0.39 is 0 Å². The highest BCUT2D eigenvalue weighted by atomic mass is 35.5. The Bertz CT molecular complexity index is 778. The Morgan fingerprint density at radius 2 is 0.926 bits per heavy atom. The van der Waals surface area contributed by atoms with E-state index in [2.05, 4.69) is 0 Å². The third kappa shape index (κ3) is 8.94. The summed E-state index contributed by atoms with van der Waals surface area (Å²) >= 11 is 22.2. The normalized spacial score (nSPS) is 9.67. The SMILES string of the molecule is Cc1ccc(Cl)c(Cl)c1.Cc1ccc(Cl)c(F)c1.Cc1ccc(F)c(Cl)c1. The number of benzene rings is 3. The van der Waals surface area contributed by atoms with Crippen LogP contribution in [-0.2, 0) is 0 Å². The van der Waals surface area contributed by atoms with Gasteiger partial charge in [-0.2, -0.15) is 0 Å². The Morgan fingerprint density at radius 3 is 1.30 bits per heavy atom. The fraction of sp³-hybridized carbons (Fsp3) is 0.143. The summed E-state index contributed by atoms with van der Waals surface area (Å²) in [5, 5.41) is 1.61. The minimum Gasteiger partial charge on any atom is -0.205 e. The third-order valence-electron chi connectivity index (χ3n) is 3.23. The summed E-state index contributed by atoms with van der Waals surface area (Å²) in [6.45, 7) is 5.66. The molecule has 0 aliphatic rings. The molecule has 0 N–H and O–H groups in total. The largest absolute Gasteiger partial charge is 0.205 e. The number of rotatable bonds is 0. The first-order valence-electron chi connectivity index (χ1n) is 7.85. The fourth-order valence-corrected chi connectivity index (χ4v) is 2.51. The molecule has 144 valence electrons. The smallest absolute Gasteiger partial charge is 0.142 e. The summed E-state index contributed by atoms with van der Waals surface area (Å²) in [7, 11) is 0. The maximum atomic E-state index is 12.4. The predicted molar refractivity (Wildman–Crippen MR) is 113 cm³/mol. The highest BCUT2D eigenvalue weighted by Gasteiger charge is 1.96. The van der Waals surface area contributed by atoms with E-state index in [0.717, 1.165) is 16.7 Å². The first-order valence-corrected chi connectivity index (χ1v) is 9.36. The van der Waals surface area contributed by atoms with Crippen LogP contribution in [0.25, 0.3) is 0 Å². The molecular formula is C21H18Cl4F2. The average Bonchev–Trinajstić information content (AvgIpc) is 2.60. The van der Waals surface area contributed by atoms with Gasteiger partial charge < -0.3 is 0 Å². The van der Waals surface area contributed by atoms with Gasteiger partial charge in [0.1, 0.15) is 11.6 Å². The Kier molecular flexibility index (Phi) is 10.1. The third-order valence-corrected chi connectivity index (χ3v) is 4.56. The van der Waals surface area contributed by atoms with Crippen LogP contribution < -0.4 is 0 Å². The second-order valence-electron chi connectivity index (χ2n) is 5.75. The summed E-state index contributed by atoms with van der Waals surface area (Å²) in [4.78, 5) is 0. The molecule has 0 saturated heterocycles. The first kappa shape index (κ1) is 23.7. The maximum Gasteiger partial charge on any atom is 0.142 e. The lowest BCUT2D eigenvalue weighted by Crippen LogP contribution is -1.76. The van der Waals surface area contributed by atoms with Crippen molar-refractivity contribution >= 4 is 46.4 Å². The van der Waals surface area contributed by atoms with Gasteiger partial charge in [-0.15, -0.1) is 0 Å². The lowest BCUT2D eigenvalue weighted by Gasteiger charge is -1.94. The zero-order valence-electron chi connectivity index (χ0n) is 15.0. The van der Waals surface area contributed by atoms with Crippen molar-refractivity contribution in [2.75, 3.05) is 0 Å². The number of halogens is 6. The van der Waals surface area contributed by atoms with Crippen molar-refractivity contribution in [3.63, 3.8) is 0 Å². The van der Waals surface area contributed by atoms with Gasteiger partial charge in [0.2, 0.25) is 0 Å². The summed E-state index contributed by atoms with van der Waals surface area (Å²) in [6.07, 6.45) is 0. The number of aryl methyl sites for hydroxylation is 3. The van der Waals surface area contributed by atoms with Crippen LogP contribution in [0, 0.1) is 32.4 Å². The lowest BCUT2D eigenvalue weighted by molar-refractivity contribution is 0.627. The van der Waals surface area contributed by atoms with E-state index in [0.29, 0.717) is 10.0 Å². The van der Waals surface area contributed by atoms with Crippen LogP contribution in [0.1, 0.15) is 16.7 Å². The molecule has 0 aliphatic carbocycles. The molecule has 0 bridgehead atoms. The maximum absolute atomic E-state index is 12.4. The highest BCUT2D eigenvalue weighted by Crippen LogP contribution is 2.21. The van der Waals surface area contributed by atoms with E-state index in [1.165, 1.54) is 12.1 Å². The molecule has 0 amide bonds. The van der Waals surface area contributed by atoms with Crippen molar-refractivity contribution in [1.82, 2.24) is 0 Å². The minimum absolute atomic E-state index is 0.181. The quantitative estimate of drug-likeness (QED) is 0.321. The van der Waals surface area contributed by atoms with Gasteiger partial charge in [0.15, 0.2) is 0 Å². The molecule has 27 heavy (non-hydrogen) atoms. The fourth-order valence-electron chi connectivity index (χ4n) is 1.80. The van der Waals surface area contributed by atoms with E-state index in [4.69, 9.17) is 46.4 Å². The van der Waals surface area contributed by atoms with E-state index >= 15 is 0 Å². The van der Waals surface area contributed by atoms with Gasteiger partial charge in [-0.1, -0.05) is 64.6 Å². The molecule has 0 saturated carbocycles. The molecule has 0 atom stereocenters. The van der Waals surface area contributed by atoms with Crippen LogP contribution in [0.15, 0.2) is 54.6 Å². The molecule has 0 unspecified atom stereocenters. The van der Waals surface area contributed by atoms with Gasteiger partial charge in [-0.3, -0.25) is 0 Å². The molecule has 6 heteroatoms. The van der Waals surface area contributed by atoms with E-state index in [1.54, 1.807) is 30.3 Å². The van der Waals surface area contributed by atoms with Crippen LogP contribution in [0.5, 0.6) is 0 Å². The predicted octanol–water partition coefficient (Wildman–Crippen LogP) is 8.88. The monoisotopic (exact) mass is 448 g/mol. The molecule has 3 aromatic rings. The Hall–Kier alpha value is -1.32. The standard InChI is InChI=1S/C7H6Cl2.2C7H6ClF/c1-5-2-3-6(8)7(9)4-5;1-5-2-3-7(9)6(8)4-5;1-5-2-3-6(8)7(9)4-5/h3*2-4H,1H3. The molecule has 3 rings (SSSR count). The average molecular weight is 450 g/mol.